The number of carbonyl (C=O) groups is 3. The molecule has 0 saturated carbocycles. The van der Waals surface area contributed by atoms with Crippen LogP contribution in [0.25, 0.3) is 0 Å². The van der Waals surface area contributed by atoms with E-state index in [1.165, 1.54) is 0 Å². The number of rotatable bonds is 7. The van der Waals surface area contributed by atoms with Gasteiger partial charge in [-0.3, -0.25) is 14.4 Å². The second kappa shape index (κ2) is 13.7. The summed E-state index contributed by atoms with van der Waals surface area (Å²) >= 11 is 5.71. The van der Waals surface area contributed by atoms with Crippen LogP contribution in [0.5, 0.6) is 5.75 Å². The number of likely N-dealkylation sites (N-methyl/N-ethyl adjacent to an activating group) is 1. The van der Waals surface area contributed by atoms with E-state index in [-0.39, 0.29) is 34.9 Å². The highest BCUT2D eigenvalue weighted by molar-refractivity contribution is 6.31. The molecule has 0 saturated heterocycles. The maximum absolute atomic E-state index is 13.8. The molecular weight excluding hydrogens is 576 g/mol. The van der Waals surface area contributed by atoms with Gasteiger partial charge < -0.3 is 19.7 Å². The highest BCUT2D eigenvalue weighted by Gasteiger charge is 2.49. The maximum atomic E-state index is 13.8. The van der Waals surface area contributed by atoms with Gasteiger partial charge in [0.1, 0.15) is 5.75 Å². The molecule has 0 spiro atoms. The summed E-state index contributed by atoms with van der Waals surface area (Å²) in [6.07, 6.45) is 2.32. The van der Waals surface area contributed by atoms with Crippen molar-refractivity contribution in [1.82, 2.24) is 10.2 Å². The summed E-state index contributed by atoms with van der Waals surface area (Å²) < 4.78 is 11.4. The van der Waals surface area contributed by atoms with Crippen molar-refractivity contribution >= 4 is 29.1 Å². The second-order valence-corrected chi connectivity index (χ2v) is 13.8. The fourth-order valence-electron chi connectivity index (χ4n) is 6.43. The van der Waals surface area contributed by atoms with Gasteiger partial charge in [-0.2, -0.15) is 0 Å². The Balaban J connectivity index is 0.000000479. The van der Waals surface area contributed by atoms with Gasteiger partial charge in [0, 0.05) is 72.6 Å². The number of hydrogen-bond donors (Lipinski definition) is 1. The van der Waals surface area contributed by atoms with Crippen molar-refractivity contribution in [3.63, 3.8) is 0 Å². The minimum absolute atomic E-state index is 0.0685. The van der Waals surface area contributed by atoms with Gasteiger partial charge in [-0.05, 0) is 48.3 Å². The Morgan fingerprint density at radius 3 is 1.95 bits per heavy atom. The van der Waals surface area contributed by atoms with Gasteiger partial charge >= 0.3 is 0 Å². The van der Waals surface area contributed by atoms with Crippen LogP contribution >= 0.6 is 11.6 Å². The molecule has 1 amide bonds. The number of nitrogens with one attached hydrogen (secondary N) is 1. The van der Waals surface area contributed by atoms with E-state index in [4.69, 9.17) is 21.1 Å². The molecule has 0 aromatic heterocycles. The lowest BCUT2D eigenvalue weighted by Gasteiger charge is -2.49. The minimum atomic E-state index is -0.512. The molecule has 1 heterocycles. The van der Waals surface area contributed by atoms with E-state index >= 15 is 0 Å². The third kappa shape index (κ3) is 7.44. The standard InChI is InChI=1S/C29H38N2O5.C7H7Cl/c1-28(2)13-19-26(21(32)15-28)25(18-9-7-8-10-23(18)36-17-24(34)30-5)27-20(31(19)11-12-35-6)14-29(3,4)16-22(27)33;1-6-4-2-3-5-7(6)8/h7-10,25H,11-17H2,1-6H3,(H,30,34);2-5H,1H3. The van der Waals surface area contributed by atoms with Crippen molar-refractivity contribution in [2.75, 3.05) is 33.9 Å². The quantitative estimate of drug-likeness (QED) is 0.367. The summed E-state index contributed by atoms with van der Waals surface area (Å²) in [5.41, 5.74) is 4.87. The summed E-state index contributed by atoms with van der Waals surface area (Å²) in [7, 11) is 3.23. The molecule has 1 N–H and O–H groups in total. The lowest BCUT2D eigenvalue weighted by atomic mass is 9.63. The van der Waals surface area contributed by atoms with Crippen molar-refractivity contribution < 1.29 is 23.9 Å². The number of para-hydroxylation sites is 1. The number of Topliss-reactive ketones (excluding diaryl/α,β-unsaturated/α-hetero) is 2. The molecule has 0 unspecified atom stereocenters. The van der Waals surface area contributed by atoms with E-state index in [0.717, 1.165) is 40.4 Å². The first-order chi connectivity index (χ1) is 20.8. The van der Waals surface area contributed by atoms with Crippen LogP contribution < -0.4 is 10.1 Å². The minimum Gasteiger partial charge on any atom is -0.483 e. The summed E-state index contributed by atoms with van der Waals surface area (Å²) in [6.45, 7) is 11.4. The van der Waals surface area contributed by atoms with Crippen LogP contribution in [0.1, 0.15) is 70.4 Å². The molecule has 3 aliphatic rings. The molecule has 0 bridgehead atoms. The summed E-state index contributed by atoms with van der Waals surface area (Å²) in [4.78, 5) is 41.8. The molecule has 0 radical (unpaired) electrons. The Morgan fingerprint density at radius 1 is 0.909 bits per heavy atom. The lowest BCUT2D eigenvalue weighted by Crippen LogP contribution is -2.45. The first-order valence-electron chi connectivity index (χ1n) is 15.2. The van der Waals surface area contributed by atoms with Gasteiger partial charge in [-0.25, -0.2) is 0 Å². The average Bonchev–Trinajstić information content (AvgIpc) is 2.95. The predicted molar refractivity (Wildman–Crippen MR) is 174 cm³/mol. The van der Waals surface area contributed by atoms with Crippen LogP contribution in [0.15, 0.2) is 71.1 Å². The Kier molecular flexibility index (Phi) is 10.4. The highest BCUT2D eigenvalue weighted by atomic mass is 35.5. The predicted octanol–water partition coefficient (Wildman–Crippen LogP) is 6.79. The number of carbonyl (C=O) groups excluding carboxylic acids is 3. The summed E-state index contributed by atoms with van der Waals surface area (Å²) in [5.74, 6) is -0.102. The smallest absolute Gasteiger partial charge is 0.257 e. The number of hydrogen-bond acceptors (Lipinski definition) is 6. The molecule has 2 aliphatic carbocycles. The number of halogens is 1. The molecule has 2 aromatic rings. The third-order valence-electron chi connectivity index (χ3n) is 8.49. The SMILES string of the molecule is CNC(=O)COc1ccccc1C1C2=C(CC(C)(C)CC2=O)N(CCOC)C2=C1C(=O)CC(C)(C)C2.Cc1ccccc1Cl. The van der Waals surface area contributed by atoms with E-state index in [1.54, 1.807) is 14.2 Å². The summed E-state index contributed by atoms with van der Waals surface area (Å²) in [5, 5.41) is 3.41. The van der Waals surface area contributed by atoms with Crippen molar-refractivity contribution in [3.8, 4) is 5.75 Å². The number of nitrogens with zero attached hydrogens (tertiary/aromatic N) is 1. The van der Waals surface area contributed by atoms with Gasteiger partial charge in [-0.1, -0.05) is 75.7 Å². The van der Waals surface area contributed by atoms with Crippen LogP contribution in [0.2, 0.25) is 5.02 Å². The van der Waals surface area contributed by atoms with Gasteiger partial charge in [0.25, 0.3) is 5.91 Å². The zero-order valence-electron chi connectivity index (χ0n) is 27.0. The largest absolute Gasteiger partial charge is 0.483 e. The number of ketones is 2. The van der Waals surface area contributed by atoms with Crippen LogP contribution in [0.3, 0.4) is 0 Å². The van der Waals surface area contributed by atoms with Crippen molar-refractivity contribution in [1.29, 1.82) is 0 Å². The molecule has 7 nitrogen and oxygen atoms in total. The fraction of sp³-hybridized carbons (Fsp3) is 0.472. The Morgan fingerprint density at radius 2 is 1.45 bits per heavy atom. The first kappa shape index (κ1) is 33.5. The zero-order chi connectivity index (χ0) is 32.2. The maximum Gasteiger partial charge on any atom is 0.257 e. The number of methoxy groups -OCH3 is 1. The topological polar surface area (TPSA) is 84.9 Å². The van der Waals surface area contributed by atoms with E-state index < -0.39 is 5.92 Å². The van der Waals surface area contributed by atoms with E-state index in [2.05, 4.69) is 37.9 Å². The van der Waals surface area contributed by atoms with Gasteiger partial charge in [0.15, 0.2) is 18.2 Å². The third-order valence-corrected chi connectivity index (χ3v) is 8.91. The van der Waals surface area contributed by atoms with E-state index in [0.29, 0.717) is 42.9 Å². The number of benzene rings is 2. The molecule has 0 atom stereocenters. The Bertz CT molecular complexity index is 1410. The normalized spacial score (nSPS) is 19.1. The van der Waals surface area contributed by atoms with E-state index in [1.807, 2.05) is 55.5 Å². The number of amides is 1. The zero-order valence-corrected chi connectivity index (χ0v) is 27.8. The second-order valence-electron chi connectivity index (χ2n) is 13.4. The molecular formula is C36H45ClN2O5. The molecule has 8 heteroatoms. The van der Waals surface area contributed by atoms with Crippen LogP contribution in [0, 0.1) is 17.8 Å². The lowest BCUT2D eigenvalue weighted by molar-refractivity contribution is -0.123. The van der Waals surface area contributed by atoms with E-state index in [9.17, 15) is 14.4 Å². The Labute approximate surface area is 266 Å². The molecule has 2 aromatic carbocycles. The molecule has 5 rings (SSSR count). The van der Waals surface area contributed by atoms with Gasteiger partial charge in [-0.15, -0.1) is 0 Å². The highest BCUT2D eigenvalue weighted by Crippen LogP contribution is 2.55. The monoisotopic (exact) mass is 620 g/mol. The molecule has 0 fully saturated rings. The van der Waals surface area contributed by atoms with Crippen molar-refractivity contribution in [2.45, 2.75) is 66.2 Å². The van der Waals surface area contributed by atoms with Crippen LogP contribution in [0.4, 0.5) is 0 Å². The van der Waals surface area contributed by atoms with Gasteiger partial charge in [0.2, 0.25) is 0 Å². The van der Waals surface area contributed by atoms with Crippen LogP contribution in [-0.2, 0) is 19.1 Å². The van der Waals surface area contributed by atoms with Crippen molar-refractivity contribution in [3.05, 3.63) is 87.2 Å². The van der Waals surface area contributed by atoms with Crippen LogP contribution in [-0.4, -0.2) is 56.3 Å². The fourth-order valence-corrected chi connectivity index (χ4v) is 6.56. The number of aryl methyl sites for hydroxylation is 1. The number of ether oxygens (including phenoxy) is 2. The molecule has 44 heavy (non-hydrogen) atoms. The first-order valence-corrected chi connectivity index (χ1v) is 15.6. The van der Waals surface area contributed by atoms with Gasteiger partial charge in [0.05, 0.1) is 6.61 Å². The van der Waals surface area contributed by atoms with Crippen molar-refractivity contribution in [2.24, 2.45) is 10.8 Å². The molecule has 1 aliphatic heterocycles. The summed E-state index contributed by atoms with van der Waals surface area (Å²) in [6, 6.07) is 15.2. The Hall–Kier alpha value is -3.42. The molecule has 236 valence electrons. The number of allylic oxidation sites excluding steroid dienone is 4. The average molecular weight is 621 g/mol.